The molecule has 0 saturated heterocycles. The summed E-state index contributed by atoms with van der Waals surface area (Å²) in [6.45, 7) is 6.46. The number of esters is 1. The Bertz CT molecular complexity index is 517. The SMILES string of the molecule is CC(=O)O[C@H]1CC[C@@]2(C)[C@H](C1)[C@@H](O)C[C@H]1[C@@H]3CCC[C@@]3(C)CC[C@@H]12. The Morgan fingerprint density at radius 1 is 1.00 bits per heavy atom. The van der Waals surface area contributed by atoms with Crippen molar-refractivity contribution in [2.24, 2.45) is 34.5 Å². The van der Waals surface area contributed by atoms with Crippen molar-refractivity contribution < 1.29 is 14.6 Å². The minimum atomic E-state index is -0.211. The van der Waals surface area contributed by atoms with Crippen LogP contribution >= 0.6 is 0 Å². The largest absolute Gasteiger partial charge is 0.463 e. The predicted molar refractivity (Wildman–Crippen MR) is 93.3 cm³/mol. The fraction of sp³-hybridized carbons (Fsp3) is 0.952. The van der Waals surface area contributed by atoms with Crippen LogP contribution in [0.25, 0.3) is 0 Å². The normalized spacial score (nSPS) is 53.7. The molecule has 0 aromatic carbocycles. The maximum absolute atomic E-state index is 11.3. The molecule has 0 aromatic rings. The van der Waals surface area contributed by atoms with Crippen molar-refractivity contribution in [3.05, 3.63) is 0 Å². The van der Waals surface area contributed by atoms with E-state index < -0.39 is 0 Å². The highest BCUT2D eigenvalue weighted by atomic mass is 16.5. The van der Waals surface area contributed by atoms with Crippen LogP contribution in [0.5, 0.6) is 0 Å². The van der Waals surface area contributed by atoms with E-state index >= 15 is 0 Å². The molecule has 0 bridgehead atoms. The van der Waals surface area contributed by atoms with Crippen molar-refractivity contribution >= 4 is 5.97 Å². The molecule has 0 spiro atoms. The Morgan fingerprint density at radius 2 is 1.79 bits per heavy atom. The van der Waals surface area contributed by atoms with Gasteiger partial charge in [-0.25, -0.2) is 0 Å². The summed E-state index contributed by atoms with van der Waals surface area (Å²) in [6.07, 6.45) is 10.6. The molecule has 4 rings (SSSR count). The molecule has 4 fully saturated rings. The van der Waals surface area contributed by atoms with Crippen molar-refractivity contribution in [3.8, 4) is 0 Å². The zero-order valence-corrected chi connectivity index (χ0v) is 15.6. The van der Waals surface area contributed by atoms with E-state index in [9.17, 15) is 9.90 Å². The highest BCUT2D eigenvalue weighted by molar-refractivity contribution is 5.66. The van der Waals surface area contributed by atoms with E-state index in [1.165, 1.54) is 39.0 Å². The van der Waals surface area contributed by atoms with E-state index in [0.29, 0.717) is 17.3 Å². The van der Waals surface area contributed by atoms with Crippen molar-refractivity contribution in [1.82, 2.24) is 0 Å². The van der Waals surface area contributed by atoms with Gasteiger partial charge in [0, 0.05) is 6.92 Å². The lowest BCUT2D eigenvalue weighted by molar-refractivity contribution is -0.179. The molecule has 24 heavy (non-hydrogen) atoms. The fourth-order valence-corrected chi connectivity index (χ4v) is 7.60. The third-order valence-electron chi connectivity index (χ3n) is 8.74. The van der Waals surface area contributed by atoms with Crippen LogP contribution in [0.15, 0.2) is 0 Å². The molecule has 136 valence electrons. The topological polar surface area (TPSA) is 46.5 Å². The van der Waals surface area contributed by atoms with Gasteiger partial charge in [-0.3, -0.25) is 4.79 Å². The van der Waals surface area contributed by atoms with Crippen molar-refractivity contribution in [1.29, 1.82) is 0 Å². The highest BCUT2D eigenvalue weighted by Crippen LogP contribution is 2.66. The van der Waals surface area contributed by atoms with Gasteiger partial charge in [0.1, 0.15) is 6.10 Å². The Hall–Kier alpha value is -0.570. The molecule has 1 N–H and O–H groups in total. The Labute approximate surface area is 146 Å². The smallest absolute Gasteiger partial charge is 0.302 e. The third-order valence-corrected chi connectivity index (χ3v) is 8.74. The number of rotatable bonds is 1. The van der Waals surface area contributed by atoms with E-state index in [0.717, 1.165) is 37.5 Å². The van der Waals surface area contributed by atoms with Gasteiger partial charge in [-0.2, -0.15) is 0 Å². The van der Waals surface area contributed by atoms with Gasteiger partial charge >= 0.3 is 5.97 Å². The Morgan fingerprint density at radius 3 is 2.54 bits per heavy atom. The van der Waals surface area contributed by atoms with E-state index in [4.69, 9.17) is 4.74 Å². The molecule has 0 unspecified atom stereocenters. The maximum Gasteiger partial charge on any atom is 0.302 e. The second-order valence-corrected chi connectivity index (χ2v) is 9.88. The van der Waals surface area contributed by atoms with Gasteiger partial charge in [0.2, 0.25) is 0 Å². The van der Waals surface area contributed by atoms with Crippen LogP contribution in [-0.2, 0) is 9.53 Å². The molecule has 0 aromatic heterocycles. The molecule has 4 aliphatic carbocycles. The first-order valence-electron chi connectivity index (χ1n) is 10.2. The van der Waals surface area contributed by atoms with Crippen LogP contribution in [-0.4, -0.2) is 23.3 Å². The summed E-state index contributed by atoms with van der Waals surface area (Å²) in [5.41, 5.74) is 0.780. The molecule has 4 aliphatic rings. The first-order valence-corrected chi connectivity index (χ1v) is 10.2. The first-order chi connectivity index (χ1) is 11.3. The Balaban J connectivity index is 1.58. The van der Waals surface area contributed by atoms with Gasteiger partial charge in [0.25, 0.3) is 0 Å². The summed E-state index contributed by atoms with van der Waals surface area (Å²) < 4.78 is 5.50. The quantitative estimate of drug-likeness (QED) is 0.726. The highest BCUT2D eigenvalue weighted by Gasteiger charge is 2.60. The lowest BCUT2D eigenvalue weighted by atomic mass is 9.44. The van der Waals surface area contributed by atoms with Crippen LogP contribution in [0.3, 0.4) is 0 Å². The number of carbonyl (C=O) groups excluding carboxylic acids is 1. The average Bonchev–Trinajstić information content (AvgIpc) is 2.90. The van der Waals surface area contributed by atoms with Gasteiger partial charge in [0.05, 0.1) is 6.10 Å². The van der Waals surface area contributed by atoms with Crippen LogP contribution in [0.4, 0.5) is 0 Å². The first kappa shape index (κ1) is 16.9. The van der Waals surface area contributed by atoms with Crippen LogP contribution < -0.4 is 0 Å². The van der Waals surface area contributed by atoms with E-state index in [1.54, 1.807) is 0 Å². The van der Waals surface area contributed by atoms with Crippen LogP contribution in [0, 0.1) is 34.5 Å². The number of hydrogen-bond acceptors (Lipinski definition) is 3. The average molecular weight is 335 g/mol. The number of aliphatic hydroxyl groups is 1. The van der Waals surface area contributed by atoms with Gasteiger partial charge in [-0.15, -0.1) is 0 Å². The van der Waals surface area contributed by atoms with E-state index in [-0.39, 0.29) is 23.6 Å². The molecule has 3 heteroatoms. The fourth-order valence-electron chi connectivity index (χ4n) is 7.60. The van der Waals surface area contributed by atoms with Gasteiger partial charge < -0.3 is 9.84 Å². The lowest BCUT2D eigenvalue weighted by Crippen LogP contribution is -2.58. The minimum Gasteiger partial charge on any atom is -0.463 e. The van der Waals surface area contributed by atoms with Crippen molar-refractivity contribution in [2.75, 3.05) is 0 Å². The van der Waals surface area contributed by atoms with Crippen LogP contribution in [0.1, 0.15) is 78.6 Å². The second kappa shape index (κ2) is 5.72. The third kappa shape index (κ3) is 2.45. The zero-order valence-electron chi connectivity index (χ0n) is 15.6. The Kier molecular flexibility index (Phi) is 4.02. The van der Waals surface area contributed by atoms with Gasteiger partial charge in [-0.1, -0.05) is 20.3 Å². The molecule has 0 aliphatic heterocycles. The molecule has 0 amide bonds. The zero-order chi connectivity index (χ0) is 17.1. The number of fused-ring (bicyclic) bond motifs is 5. The minimum absolute atomic E-state index is 0.0205. The summed E-state index contributed by atoms with van der Waals surface area (Å²) in [5.74, 6) is 2.44. The van der Waals surface area contributed by atoms with Gasteiger partial charge in [0.15, 0.2) is 0 Å². The van der Waals surface area contributed by atoms with Crippen molar-refractivity contribution in [3.63, 3.8) is 0 Å². The summed E-state index contributed by atoms with van der Waals surface area (Å²) >= 11 is 0. The van der Waals surface area contributed by atoms with E-state index in [1.807, 2.05) is 0 Å². The van der Waals surface area contributed by atoms with E-state index in [2.05, 4.69) is 13.8 Å². The summed E-state index contributed by atoms with van der Waals surface area (Å²) in [5, 5.41) is 11.0. The lowest BCUT2D eigenvalue weighted by Gasteiger charge is -2.61. The monoisotopic (exact) mass is 334 g/mol. The molecular formula is C21H34O3. The maximum atomic E-state index is 11.3. The number of aliphatic hydroxyl groups excluding tert-OH is 1. The number of ether oxygens (including phenoxy) is 1. The summed E-state index contributed by atoms with van der Waals surface area (Å²) in [4.78, 5) is 11.3. The number of hydrogen-bond donors (Lipinski definition) is 1. The molecular weight excluding hydrogens is 300 g/mol. The van der Waals surface area contributed by atoms with Crippen LogP contribution in [0.2, 0.25) is 0 Å². The standard InChI is InChI=1S/C21H34O3/c1-13(22)24-14-6-10-21(3)17-7-9-20(2)8-4-5-16(20)15(17)12-19(23)18(21)11-14/h14-19,23H,4-12H2,1-3H3/t14-,15-,16-,17-,18+,19-,20-,21+/m0/s1. The number of carbonyl (C=O) groups is 1. The second-order valence-electron chi connectivity index (χ2n) is 9.88. The molecule has 3 nitrogen and oxygen atoms in total. The molecule has 0 heterocycles. The molecule has 4 saturated carbocycles. The summed E-state index contributed by atoms with van der Waals surface area (Å²) in [7, 11) is 0. The predicted octanol–water partition coefficient (Wildman–Crippen LogP) is 4.32. The molecule has 8 atom stereocenters. The van der Waals surface area contributed by atoms with Crippen molar-refractivity contribution in [2.45, 2.75) is 90.8 Å². The van der Waals surface area contributed by atoms with Gasteiger partial charge in [-0.05, 0) is 85.9 Å². The molecule has 0 radical (unpaired) electrons. The summed E-state index contributed by atoms with van der Waals surface area (Å²) in [6, 6.07) is 0.